The van der Waals surface area contributed by atoms with Crippen molar-refractivity contribution in [2.24, 2.45) is 0 Å². The van der Waals surface area contributed by atoms with Gasteiger partial charge in [0, 0.05) is 22.7 Å². The number of non-ortho nitro benzene ring substituents is 1. The van der Waals surface area contributed by atoms with E-state index in [0.29, 0.717) is 19.7 Å². The van der Waals surface area contributed by atoms with Crippen molar-refractivity contribution in [3.05, 3.63) is 66.2 Å². The molecule has 0 fully saturated rings. The summed E-state index contributed by atoms with van der Waals surface area (Å²) in [5.41, 5.74) is 1.14. The largest absolute Gasteiger partial charge is 0.506 e. The van der Waals surface area contributed by atoms with Crippen LogP contribution in [0.2, 0.25) is 5.02 Å². The summed E-state index contributed by atoms with van der Waals surface area (Å²) < 4.78 is 0.567. The lowest BCUT2D eigenvalue weighted by Gasteiger charge is -2.05. The normalized spacial score (nSPS) is 11.0. The number of phenols is 1. The fourth-order valence-electron chi connectivity index (χ4n) is 1.79. The first-order chi connectivity index (χ1) is 10.4. The Bertz CT molecular complexity index is 811. The van der Waals surface area contributed by atoms with E-state index in [1.165, 1.54) is 30.3 Å². The number of nitrogens with zero attached hydrogens (tertiary/aromatic N) is 2. The third-order valence-electron chi connectivity index (χ3n) is 2.87. The Labute approximate surface area is 144 Å². The molecule has 2 aromatic carbocycles. The molecule has 0 aliphatic carbocycles. The molecule has 0 saturated carbocycles. The van der Waals surface area contributed by atoms with Crippen LogP contribution in [-0.2, 0) is 0 Å². The van der Waals surface area contributed by atoms with E-state index >= 15 is 0 Å². The smallest absolute Gasteiger partial charge is 0.269 e. The van der Waals surface area contributed by atoms with E-state index in [1.54, 1.807) is 12.1 Å². The summed E-state index contributed by atoms with van der Waals surface area (Å²) in [5.74, 6) is 0.0275. The van der Waals surface area contributed by atoms with E-state index in [4.69, 9.17) is 11.6 Å². The maximum atomic E-state index is 10.6. The Morgan fingerprint density at radius 2 is 2.00 bits per heavy atom. The van der Waals surface area contributed by atoms with Gasteiger partial charge in [0.05, 0.1) is 20.1 Å². The lowest BCUT2D eigenvalue weighted by Crippen LogP contribution is -1.89. The van der Waals surface area contributed by atoms with Crippen LogP contribution in [0.5, 0.6) is 5.75 Å². The molecule has 0 aliphatic rings. The Morgan fingerprint density at radius 1 is 1.36 bits per heavy atom. The molecule has 110 valence electrons. The number of phenolic OH excluding ortho intramolecular Hbond substituents is 1. The zero-order chi connectivity index (χ0) is 16.3. The lowest BCUT2D eigenvalue weighted by molar-refractivity contribution is -0.384. The standard InChI is InChI=1S/C15H8ClIN2O3/c16-12-6-10(15(20)14(17)7-12)5-11(8-18)9-1-3-13(4-2-9)19(21)22/h1-7,20H/b11-5+. The van der Waals surface area contributed by atoms with Crippen LogP contribution in [-0.4, -0.2) is 10.0 Å². The molecule has 0 bridgehead atoms. The van der Waals surface area contributed by atoms with Gasteiger partial charge in [-0.2, -0.15) is 5.26 Å². The topological polar surface area (TPSA) is 87.2 Å². The van der Waals surface area contributed by atoms with E-state index in [9.17, 15) is 20.5 Å². The molecule has 5 nitrogen and oxygen atoms in total. The number of halogens is 2. The van der Waals surface area contributed by atoms with Crippen LogP contribution in [0.4, 0.5) is 5.69 Å². The van der Waals surface area contributed by atoms with Gasteiger partial charge >= 0.3 is 0 Å². The molecule has 0 spiro atoms. The second kappa shape index (κ2) is 6.77. The molecular formula is C15H8ClIN2O3. The molecule has 0 atom stereocenters. The third-order valence-corrected chi connectivity index (χ3v) is 3.91. The van der Waals surface area contributed by atoms with Crippen molar-refractivity contribution in [1.29, 1.82) is 5.26 Å². The molecule has 0 heterocycles. The fourth-order valence-corrected chi connectivity index (χ4v) is 2.85. The highest BCUT2D eigenvalue weighted by atomic mass is 127. The summed E-state index contributed by atoms with van der Waals surface area (Å²) in [6.07, 6.45) is 1.49. The second-order valence-corrected chi connectivity index (χ2v) is 5.90. The minimum atomic E-state index is -0.509. The highest BCUT2D eigenvalue weighted by Crippen LogP contribution is 2.31. The van der Waals surface area contributed by atoms with Gasteiger partial charge in [-0.25, -0.2) is 0 Å². The summed E-state index contributed by atoms with van der Waals surface area (Å²) in [4.78, 5) is 10.1. The minimum absolute atomic E-state index is 0.0275. The summed E-state index contributed by atoms with van der Waals surface area (Å²) in [5, 5.41) is 30.4. The molecule has 0 radical (unpaired) electrons. The average Bonchev–Trinajstić information content (AvgIpc) is 2.49. The Morgan fingerprint density at radius 3 is 2.55 bits per heavy atom. The predicted molar refractivity (Wildman–Crippen MR) is 92.4 cm³/mol. The van der Waals surface area contributed by atoms with Crippen LogP contribution < -0.4 is 0 Å². The Kier molecular flexibility index (Phi) is 5.00. The van der Waals surface area contributed by atoms with E-state index in [1.807, 2.05) is 28.7 Å². The Balaban J connectivity index is 2.48. The first-order valence-corrected chi connectivity index (χ1v) is 7.42. The number of hydrogen-bond acceptors (Lipinski definition) is 4. The van der Waals surface area contributed by atoms with Crippen molar-refractivity contribution in [3.8, 4) is 11.8 Å². The first kappa shape index (κ1) is 16.3. The molecule has 0 amide bonds. The molecule has 1 N–H and O–H groups in total. The average molecular weight is 427 g/mol. The quantitative estimate of drug-likeness (QED) is 0.255. The van der Waals surface area contributed by atoms with Crippen molar-refractivity contribution in [2.75, 3.05) is 0 Å². The molecular weight excluding hydrogens is 419 g/mol. The molecule has 0 aromatic heterocycles. The van der Waals surface area contributed by atoms with Gasteiger partial charge in [0.2, 0.25) is 0 Å². The van der Waals surface area contributed by atoms with Crippen LogP contribution in [0.25, 0.3) is 11.6 Å². The fraction of sp³-hybridized carbons (Fsp3) is 0. The molecule has 0 saturated heterocycles. The second-order valence-electron chi connectivity index (χ2n) is 4.30. The van der Waals surface area contributed by atoms with Gasteiger partial charge in [-0.3, -0.25) is 10.1 Å². The van der Waals surface area contributed by atoms with Gasteiger partial charge in [0.25, 0.3) is 5.69 Å². The van der Waals surface area contributed by atoms with Gasteiger partial charge in [0.1, 0.15) is 5.75 Å². The number of nitro benzene ring substituents is 1. The van der Waals surface area contributed by atoms with E-state index in [2.05, 4.69) is 0 Å². The summed E-state index contributed by atoms with van der Waals surface area (Å²) in [6, 6.07) is 10.8. The summed E-state index contributed by atoms with van der Waals surface area (Å²) >= 11 is 7.89. The van der Waals surface area contributed by atoms with Crippen LogP contribution in [0.3, 0.4) is 0 Å². The maximum absolute atomic E-state index is 10.6. The first-order valence-electron chi connectivity index (χ1n) is 5.97. The number of rotatable bonds is 3. The van der Waals surface area contributed by atoms with Gasteiger partial charge < -0.3 is 5.11 Å². The molecule has 0 unspecified atom stereocenters. The van der Waals surface area contributed by atoms with Crippen molar-refractivity contribution < 1.29 is 10.0 Å². The molecule has 2 rings (SSSR count). The third kappa shape index (κ3) is 3.55. The monoisotopic (exact) mass is 426 g/mol. The van der Waals surface area contributed by atoms with Crippen LogP contribution in [0.1, 0.15) is 11.1 Å². The highest BCUT2D eigenvalue weighted by molar-refractivity contribution is 14.1. The van der Waals surface area contributed by atoms with Gasteiger partial charge in [0.15, 0.2) is 0 Å². The van der Waals surface area contributed by atoms with E-state index in [0.717, 1.165) is 0 Å². The number of hydrogen-bond donors (Lipinski definition) is 1. The van der Waals surface area contributed by atoms with Crippen LogP contribution in [0, 0.1) is 25.0 Å². The van der Waals surface area contributed by atoms with Crippen LogP contribution in [0.15, 0.2) is 36.4 Å². The van der Waals surface area contributed by atoms with Gasteiger partial charge in [-0.1, -0.05) is 11.6 Å². The summed E-state index contributed by atoms with van der Waals surface area (Å²) in [7, 11) is 0. The summed E-state index contributed by atoms with van der Waals surface area (Å²) in [6.45, 7) is 0. The Hall–Kier alpha value is -2.11. The zero-order valence-corrected chi connectivity index (χ0v) is 13.9. The van der Waals surface area contributed by atoms with Crippen molar-refractivity contribution in [1.82, 2.24) is 0 Å². The minimum Gasteiger partial charge on any atom is -0.506 e. The van der Waals surface area contributed by atoms with E-state index in [-0.39, 0.29) is 17.0 Å². The van der Waals surface area contributed by atoms with Crippen molar-refractivity contribution in [2.45, 2.75) is 0 Å². The predicted octanol–water partition coefficient (Wildman–Crippen LogP) is 4.62. The SMILES string of the molecule is N#C/C(=C\c1cc(Cl)cc(I)c1O)c1ccc([N+](=O)[O-])cc1. The molecule has 22 heavy (non-hydrogen) atoms. The zero-order valence-electron chi connectivity index (χ0n) is 11.0. The number of nitriles is 1. The van der Waals surface area contributed by atoms with Crippen LogP contribution >= 0.6 is 34.2 Å². The number of nitro groups is 1. The van der Waals surface area contributed by atoms with E-state index < -0.39 is 4.92 Å². The maximum Gasteiger partial charge on any atom is 0.269 e. The van der Waals surface area contributed by atoms with Crippen molar-refractivity contribution >= 4 is 51.5 Å². The highest BCUT2D eigenvalue weighted by Gasteiger charge is 2.10. The van der Waals surface area contributed by atoms with Crippen molar-refractivity contribution in [3.63, 3.8) is 0 Å². The molecule has 0 aliphatic heterocycles. The number of allylic oxidation sites excluding steroid dienone is 1. The molecule has 7 heteroatoms. The molecule has 2 aromatic rings. The lowest BCUT2D eigenvalue weighted by atomic mass is 10.0. The number of benzene rings is 2. The number of aromatic hydroxyl groups is 1. The van der Waals surface area contributed by atoms with Gasteiger partial charge in [-0.15, -0.1) is 0 Å². The van der Waals surface area contributed by atoms with Gasteiger partial charge in [-0.05, 0) is 58.5 Å².